The van der Waals surface area contributed by atoms with Crippen molar-refractivity contribution in [3.8, 4) is 5.75 Å². The maximum atomic E-state index is 11.9. The van der Waals surface area contributed by atoms with E-state index in [2.05, 4.69) is 14.7 Å². The van der Waals surface area contributed by atoms with Gasteiger partial charge in [0.1, 0.15) is 11.6 Å². The van der Waals surface area contributed by atoms with E-state index in [1.165, 1.54) is 12.1 Å². The van der Waals surface area contributed by atoms with Crippen LogP contribution in [0.2, 0.25) is 0 Å². The van der Waals surface area contributed by atoms with E-state index in [1.807, 2.05) is 0 Å². The average molecular weight is 254 g/mol. The number of aliphatic hydroxyl groups is 1. The van der Waals surface area contributed by atoms with E-state index in [-0.39, 0.29) is 5.75 Å². The Hall–Kier alpha value is -1.95. The molecule has 0 spiro atoms. The van der Waals surface area contributed by atoms with Crippen LogP contribution in [0.15, 0.2) is 36.7 Å². The molecule has 18 heavy (non-hydrogen) atoms. The van der Waals surface area contributed by atoms with Crippen molar-refractivity contribution in [3.63, 3.8) is 0 Å². The van der Waals surface area contributed by atoms with Gasteiger partial charge in [-0.1, -0.05) is 12.1 Å². The number of alkyl halides is 2. The highest BCUT2D eigenvalue weighted by Crippen LogP contribution is 2.21. The molecule has 1 aromatic carbocycles. The van der Waals surface area contributed by atoms with Gasteiger partial charge in [0.25, 0.3) is 0 Å². The number of ether oxygens (including phenoxy) is 1. The first-order valence-electron chi connectivity index (χ1n) is 5.36. The molecule has 1 aromatic heterocycles. The van der Waals surface area contributed by atoms with Crippen LogP contribution >= 0.6 is 0 Å². The molecule has 0 saturated carbocycles. The molecule has 0 amide bonds. The SMILES string of the molecule is OC(Cc1ncc[nH]1)c1ccc(OC(F)F)cc1. The quantitative estimate of drug-likeness (QED) is 0.860. The molecule has 0 radical (unpaired) electrons. The second kappa shape index (κ2) is 5.59. The van der Waals surface area contributed by atoms with E-state index in [0.717, 1.165) is 0 Å². The summed E-state index contributed by atoms with van der Waals surface area (Å²) in [7, 11) is 0. The smallest absolute Gasteiger partial charge is 0.387 e. The van der Waals surface area contributed by atoms with Gasteiger partial charge in [-0.15, -0.1) is 0 Å². The van der Waals surface area contributed by atoms with Crippen LogP contribution in [0.25, 0.3) is 0 Å². The number of H-pyrrole nitrogens is 1. The van der Waals surface area contributed by atoms with Gasteiger partial charge in [0.05, 0.1) is 6.10 Å². The molecule has 1 heterocycles. The lowest BCUT2D eigenvalue weighted by atomic mass is 10.1. The van der Waals surface area contributed by atoms with Gasteiger partial charge in [-0.2, -0.15) is 8.78 Å². The molecule has 6 heteroatoms. The molecule has 96 valence electrons. The number of hydrogen-bond acceptors (Lipinski definition) is 3. The molecule has 2 aromatic rings. The summed E-state index contributed by atoms with van der Waals surface area (Å²) >= 11 is 0. The molecular weight excluding hydrogens is 242 g/mol. The number of halogens is 2. The van der Waals surface area contributed by atoms with Gasteiger partial charge in [-0.3, -0.25) is 0 Å². The first-order valence-corrected chi connectivity index (χ1v) is 5.36. The molecule has 1 unspecified atom stereocenters. The zero-order valence-electron chi connectivity index (χ0n) is 9.38. The van der Waals surface area contributed by atoms with Crippen LogP contribution in [-0.2, 0) is 6.42 Å². The first kappa shape index (κ1) is 12.5. The van der Waals surface area contributed by atoms with Crippen molar-refractivity contribution in [1.82, 2.24) is 9.97 Å². The van der Waals surface area contributed by atoms with Crippen LogP contribution in [0.3, 0.4) is 0 Å². The second-order valence-corrected chi connectivity index (χ2v) is 3.70. The lowest BCUT2D eigenvalue weighted by Gasteiger charge is -2.10. The van der Waals surface area contributed by atoms with Crippen molar-refractivity contribution >= 4 is 0 Å². The third-order valence-corrected chi connectivity index (χ3v) is 2.43. The monoisotopic (exact) mass is 254 g/mol. The lowest BCUT2D eigenvalue weighted by molar-refractivity contribution is -0.0498. The third-order valence-electron chi connectivity index (χ3n) is 2.43. The maximum absolute atomic E-state index is 11.9. The molecule has 1 atom stereocenters. The molecular formula is C12H12F2N2O2. The number of aromatic amines is 1. The summed E-state index contributed by atoms with van der Waals surface area (Å²) in [5.74, 6) is 0.731. The van der Waals surface area contributed by atoms with Gasteiger partial charge in [-0.25, -0.2) is 4.98 Å². The van der Waals surface area contributed by atoms with E-state index in [0.29, 0.717) is 17.8 Å². The summed E-state index contributed by atoms with van der Waals surface area (Å²) in [6, 6.07) is 5.89. The van der Waals surface area contributed by atoms with Crippen LogP contribution in [-0.4, -0.2) is 21.7 Å². The fourth-order valence-electron chi connectivity index (χ4n) is 1.58. The molecule has 0 fully saturated rings. The Morgan fingerprint density at radius 2 is 2.00 bits per heavy atom. The molecule has 0 aliphatic carbocycles. The normalized spacial score (nSPS) is 12.7. The lowest BCUT2D eigenvalue weighted by Crippen LogP contribution is -2.04. The van der Waals surface area contributed by atoms with Crippen LogP contribution in [0.5, 0.6) is 5.75 Å². The third kappa shape index (κ3) is 3.27. The van der Waals surface area contributed by atoms with Crippen molar-refractivity contribution in [2.24, 2.45) is 0 Å². The van der Waals surface area contributed by atoms with Gasteiger partial charge in [0.2, 0.25) is 0 Å². The van der Waals surface area contributed by atoms with Crippen molar-refractivity contribution in [1.29, 1.82) is 0 Å². The van der Waals surface area contributed by atoms with Gasteiger partial charge >= 0.3 is 6.61 Å². The number of aliphatic hydroxyl groups excluding tert-OH is 1. The molecule has 4 nitrogen and oxygen atoms in total. The average Bonchev–Trinajstić information content (AvgIpc) is 2.82. The summed E-state index contributed by atoms with van der Waals surface area (Å²) in [5.41, 5.74) is 0.619. The minimum absolute atomic E-state index is 0.0685. The minimum atomic E-state index is -2.84. The van der Waals surface area contributed by atoms with Crippen molar-refractivity contribution in [2.45, 2.75) is 19.1 Å². The molecule has 0 aliphatic heterocycles. The van der Waals surface area contributed by atoms with Crippen molar-refractivity contribution in [3.05, 3.63) is 48.0 Å². The van der Waals surface area contributed by atoms with Crippen molar-refractivity contribution in [2.75, 3.05) is 0 Å². The Kier molecular flexibility index (Phi) is 3.88. The number of rotatable bonds is 5. The number of imidazole rings is 1. The number of aromatic nitrogens is 2. The van der Waals surface area contributed by atoms with Gasteiger partial charge < -0.3 is 14.8 Å². The standard InChI is InChI=1S/C12H12F2N2O2/c13-12(14)18-9-3-1-8(2-4-9)10(17)7-11-15-5-6-16-11/h1-6,10,12,17H,7H2,(H,15,16). The predicted molar refractivity (Wildman–Crippen MR) is 60.3 cm³/mol. The Morgan fingerprint density at radius 3 is 2.56 bits per heavy atom. The molecule has 2 N–H and O–H groups in total. The summed E-state index contributed by atoms with van der Waals surface area (Å²) in [4.78, 5) is 6.88. The van der Waals surface area contributed by atoms with Crippen LogP contribution in [0.1, 0.15) is 17.5 Å². The Labute approximate surface area is 102 Å². The fourth-order valence-corrected chi connectivity index (χ4v) is 1.58. The number of nitrogens with one attached hydrogen (secondary N) is 1. The number of hydrogen-bond donors (Lipinski definition) is 2. The summed E-state index contributed by atoms with van der Waals surface area (Å²) in [6.07, 6.45) is 2.86. The first-order chi connectivity index (χ1) is 8.65. The largest absolute Gasteiger partial charge is 0.435 e. The highest BCUT2D eigenvalue weighted by Gasteiger charge is 2.11. The Balaban J connectivity index is 2.00. The fraction of sp³-hybridized carbons (Fsp3) is 0.250. The summed E-state index contributed by atoms with van der Waals surface area (Å²) in [5, 5.41) is 9.92. The van der Waals surface area contributed by atoms with Crippen molar-refractivity contribution < 1.29 is 18.6 Å². The van der Waals surface area contributed by atoms with Crippen LogP contribution in [0.4, 0.5) is 8.78 Å². The number of nitrogens with zero attached hydrogens (tertiary/aromatic N) is 1. The minimum Gasteiger partial charge on any atom is -0.435 e. The van der Waals surface area contributed by atoms with Gasteiger partial charge in [0, 0.05) is 18.8 Å². The second-order valence-electron chi connectivity index (χ2n) is 3.70. The molecule has 0 bridgehead atoms. The molecule has 2 rings (SSSR count). The topological polar surface area (TPSA) is 58.1 Å². The van der Waals surface area contributed by atoms with E-state index < -0.39 is 12.7 Å². The van der Waals surface area contributed by atoms with E-state index in [4.69, 9.17) is 0 Å². The molecule has 0 aliphatic rings. The van der Waals surface area contributed by atoms with E-state index >= 15 is 0 Å². The van der Waals surface area contributed by atoms with Crippen LogP contribution < -0.4 is 4.74 Å². The van der Waals surface area contributed by atoms with E-state index in [9.17, 15) is 13.9 Å². The van der Waals surface area contributed by atoms with E-state index in [1.54, 1.807) is 24.5 Å². The maximum Gasteiger partial charge on any atom is 0.387 e. The number of benzene rings is 1. The zero-order valence-corrected chi connectivity index (χ0v) is 9.38. The zero-order chi connectivity index (χ0) is 13.0. The van der Waals surface area contributed by atoms with Gasteiger partial charge in [-0.05, 0) is 17.7 Å². The Bertz CT molecular complexity index is 471. The highest BCUT2D eigenvalue weighted by atomic mass is 19.3. The Morgan fingerprint density at radius 1 is 1.28 bits per heavy atom. The highest BCUT2D eigenvalue weighted by molar-refractivity contribution is 5.28. The molecule has 0 saturated heterocycles. The summed E-state index contributed by atoms with van der Waals surface area (Å²) in [6.45, 7) is -2.84. The predicted octanol–water partition coefficient (Wildman–Crippen LogP) is 2.29. The van der Waals surface area contributed by atoms with Gasteiger partial charge in [0.15, 0.2) is 0 Å². The summed E-state index contributed by atoms with van der Waals surface area (Å²) < 4.78 is 28.1. The van der Waals surface area contributed by atoms with Crippen LogP contribution in [0, 0.1) is 0 Å².